The standard InChI is InChI=1S/C14H19N3S/c1-2-5-12(4-1)16-14-15-8-10-17(14)9-7-13-6-3-11-18-13/h3,6,8,10-12H,1-2,4-5,7,9H2,(H,15,16). The summed E-state index contributed by atoms with van der Waals surface area (Å²) in [5.74, 6) is 1.04. The van der Waals surface area contributed by atoms with Gasteiger partial charge in [0.15, 0.2) is 0 Å². The number of anilines is 1. The van der Waals surface area contributed by atoms with Crippen LogP contribution in [0, 0.1) is 0 Å². The Bertz CT molecular complexity index is 469. The molecule has 2 aromatic heterocycles. The smallest absolute Gasteiger partial charge is 0.202 e. The van der Waals surface area contributed by atoms with Gasteiger partial charge in [-0.2, -0.15) is 0 Å². The summed E-state index contributed by atoms with van der Waals surface area (Å²) in [6, 6.07) is 4.95. The molecule has 1 fully saturated rings. The van der Waals surface area contributed by atoms with Crippen molar-refractivity contribution in [3.8, 4) is 0 Å². The Morgan fingerprint density at radius 2 is 2.28 bits per heavy atom. The van der Waals surface area contributed by atoms with Crippen molar-refractivity contribution in [2.75, 3.05) is 5.32 Å². The molecular weight excluding hydrogens is 242 g/mol. The molecule has 0 unspecified atom stereocenters. The third-order valence-electron chi connectivity index (χ3n) is 3.58. The van der Waals surface area contributed by atoms with Gasteiger partial charge in [-0.3, -0.25) is 0 Å². The molecule has 1 aliphatic rings. The lowest BCUT2D eigenvalue weighted by molar-refractivity contribution is 0.677. The van der Waals surface area contributed by atoms with E-state index in [4.69, 9.17) is 0 Å². The maximum absolute atomic E-state index is 4.43. The molecule has 1 N–H and O–H groups in total. The fourth-order valence-electron chi connectivity index (χ4n) is 2.57. The zero-order valence-electron chi connectivity index (χ0n) is 10.5. The molecule has 0 saturated heterocycles. The Labute approximate surface area is 112 Å². The van der Waals surface area contributed by atoms with E-state index >= 15 is 0 Å². The summed E-state index contributed by atoms with van der Waals surface area (Å²) in [6.07, 6.45) is 10.3. The van der Waals surface area contributed by atoms with E-state index < -0.39 is 0 Å². The van der Waals surface area contributed by atoms with Gasteiger partial charge < -0.3 is 9.88 Å². The van der Waals surface area contributed by atoms with Crippen molar-refractivity contribution in [2.24, 2.45) is 0 Å². The molecule has 96 valence electrons. The molecule has 3 nitrogen and oxygen atoms in total. The summed E-state index contributed by atoms with van der Waals surface area (Å²) < 4.78 is 2.23. The number of aromatic nitrogens is 2. The number of nitrogens with zero attached hydrogens (tertiary/aromatic N) is 2. The minimum Gasteiger partial charge on any atom is -0.353 e. The molecule has 3 rings (SSSR count). The minimum atomic E-state index is 0.632. The summed E-state index contributed by atoms with van der Waals surface area (Å²) in [5, 5.41) is 5.71. The zero-order valence-corrected chi connectivity index (χ0v) is 11.3. The molecular formula is C14H19N3S. The molecule has 0 amide bonds. The first-order valence-electron chi connectivity index (χ1n) is 6.72. The van der Waals surface area contributed by atoms with Gasteiger partial charge in [-0.1, -0.05) is 18.9 Å². The second kappa shape index (κ2) is 5.57. The van der Waals surface area contributed by atoms with Crippen LogP contribution in [0.1, 0.15) is 30.6 Å². The van der Waals surface area contributed by atoms with Crippen LogP contribution in [0.3, 0.4) is 0 Å². The van der Waals surface area contributed by atoms with Crippen LogP contribution in [-0.2, 0) is 13.0 Å². The van der Waals surface area contributed by atoms with Crippen molar-refractivity contribution in [3.63, 3.8) is 0 Å². The Morgan fingerprint density at radius 1 is 1.39 bits per heavy atom. The van der Waals surface area contributed by atoms with Crippen LogP contribution in [0.15, 0.2) is 29.9 Å². The Balaban J connectivity index is 1.60. The highest BCUT2D eigenvalue weighted by Gasteiger charge is 2.16. The van der Waals surface area contributed by atoms with Crippen molar-refractivity contribution < 1.29 is 0 Å². The maximum atomic E-state index is 4.43. The van der Waals surface area contributed by atoms with Crippen molar-refractivity contribution >= 4 is 17.3 Å². The van der Waals surface area contributed by atoms with Gasteiger partial charge in [0.1, 0.15) is 0 Å². The average molecular weight is 261 g/mol. The fourth-order valence-corrected chi connectivity index (χ4v) is 3.27. The highest BCUT2D eigenvalue weighted by Crippen LogP contribution is 2.21. The van der Waals surface area contributed by atoms with Crippen LogP contribution in [0.2, 0.25) is 0 Å². The van der Waals surface area contributed by atoms with Gasteiger partial charge in [-0.25, -0.2) is 4.98 Å². The predicted octanol–water partition coefficient (Wildman–Crippen LogP) is 3.54. The number of hydrogen-bond acceptors (Lipinski definition) is 3. The Kier molecular flexibility index (Phi) is 3.64. The molecule has 0 spiro atoms. The van der Waals surface area contributed by atoms with Gasteiger partial charge in [-0.15, -0.1) is 11.3 Å². The SMILES string of the molecule is c1csc(CCn2ccnc2NC2CCCC2)c1. The predicted molar refractivity (Wildman–Crippen MR) is 76.1 cm³/mol. The third kappa shape index (κ3) is 2.75. The fraction of sp³-hybridized carbons (Fsp3) is 0.500. The van der Waals surface area contributed by atoms with Gasteiger partial charge in [0.2, 0.25) is 5.95 Å². The molecule has 18 heavy (non-hydrogen) atoms. The van der Waals surface area contributed by atoms with Gasteiger partial charge in [0.05, 0.1) is 0 Å². The summed E-state index contributed by atoms with van der Waals surface area (Å²) in [6.45, 7) is 1.01. The highest BCUT2D eigenvalue weighted by atomic mass is 32.1. The lowest BCUT2D eigenvalue weighted by Crippen LogP contribution is -2.18. The van der Waals surface area contributed by atoms with E-state index in [0.29, 0.717) is 6.04 Å². The van der Waals surface area contributed by atoms with Crippen LogP contribution < -0.4 is 5.32 Å². The number of rotatable bonds is 5. The van der Waals surface area contributed by atoms with Crippen LogP contribution in [0.5, 0.6) is 0 Å². The molecule has 0 radical (unpaired) electrons. The lowest BCUT2D eigenvalue weighted by Gasteiger charge is -2.14. The van der Waals surface area contributed by atoms with Crippen molar-refractivity contribution in [3.05, 3.63) is 34.8 Å². The molecule has 1 saturated carbocycles. The summed E-state index contributed by atoms with van der Waals surface area (Å²) in [4.78, 5) is 5.88. The topological polar surface area (TPSA) is 29.9 Å². The lowest BCUT2D eigenvalue weighted by atomic mass is 10.2. The van der Waals surface area contributed by atoms with E-state index in [1.807, 2.05) is 17.5 Å². The molecule has 2 aromatic rings. The molecule has 1 aliphatic carbocycles. The summed E-state index contributed by atoms with van der Waals surface area (Å²) >= 11 is 1.83. The normalized spacial score (nSPS) is 16.2. The van der Waals surface area contributed by atoms with E-state index in [9.17, 15) is 0 Å². The first-order chi connectivity index (χ1) is 8.92. The molecule has 0 atom stereocenters. The molecule has 0 aliphatic heterocycles. The number of aryl methyl sites for hydroxylation is 2. The van der Waals surface area contributed by atoms with Gasteiger partial charge >= 0.3 is 0 Å². The van der Waals surface area contributed by atoms with Gasteiger partial charge in [-0.05, 0) is 30.7 Å². The monoisotopic (exact) mass is 261 g/mol. The van der Waals surface area contributed by atoms with E-state index in [2.05, 4.69) is 38.6 Å². The van der Waals surface area contributed by atoms with Crippen molar-refractivity contribution in [1.82, 2.24) is 9.55 Å². The van der Waals surface area contributed by atoms with E-state index in [1.165, 1.54) is 30.6 Å². The van der Waals surface area contributed by atoms with Crippen LogP contribution in [-0.4, -0.2) is 15.6 Å². The summed E-state index contributed by atoms with van der Waals surface area (Å²) in [5.41, 5.74) is 0. The number of imidazole rings is 1. The third-order valence-corrected chi connectivity index (χ3v) is 4.52. The number of hydrogen-bond donors (Lipinski definition) is 1. The molecule has 0 bridgehead atoms. The number of nitrogens with one attached hydrogen (secondary N) is 1. The van der Waals surface area contributed by atoms with Gasteiger partial charge in [0, 0.05) is 29.9 Å². The van der Waals surface area contributed by atoms with Crippen LogP contribution in [0.25, 0.3) is 0 Å². The molecule has 2 heterocycles. The zero-order chi connectivity index (χ0) is 12.2. The second-order valence-electron chi connectivity index (χ2n) is 4.90. The first-order valence-corrected chi connectivity index (χ1v) is 7.60. The van der Waals surface area contributed by atoms with Crippen LogP contribution >= 0.6 is 11.3 Å². The van der Waals surface area contributed by atoms with Crippen LogP contribution in [0.4, 0.5) is 5.95 Å². The van der Waals surface area contributed by atoms with Crippen molar-refractivity contribution in [1.29, 1.82) is 0 Å². The van der Waals surface area contributed by atoms with E-state index in [1.54, 1.807) is 0 Å². The van der Waals surface area contributed by atoms with Crippen molar-refractivity contribution in [2.45, 2.75) is 44.7 Å². The van der Waals surface area contributed by atoms with E-state index in [-0.39, 0.29) is 0 Å². The van der Waals surface area contributed by atoms with Gasteiger partial charge in [0.25, 0.3) is 0 Å². The average Bonchev–Trinajstić information content (AvgIpc) is 3.10. The summed E-state index contributed by atoms with van der Waals surface area (Å²) in [7, 11) is 0. The van der Waals surface area contributed by atoms with E-state index in [0.717, 1.165) is 18.9 Å². The second-order valence-corrected chi connectivity index (χ2v) is 5.93. The Morgan fingerprint density at radius 3 is 3.06 bits per heavy atom. The number of thiophene rings is 1. The minimum absolute atomic E-state index is 0.632. The highest BCUT2D eigenvalue weighted by molar-refractivity contribution is 7.09. The molecule has 0 aromatic carbocycles. The largest absolute Gasteiger partial charge is 0.353 e. The Hall–Kier alpha value is -1.29. The first kappa shape index (κ1) is 11.8. The molecule has 4 heteroatoms. The maximum Gasteiger partial charge on any atom is 0.202 e. The quantitative estimate of drug-likeness (QED) is 0.892.